The molecule has 1 aromatic heterocycles. The van der Waals surface area contributed by atoms with Crippen molar-refractivity contribution in [1.82, 2.24) is 9.97 Å². The van der Waals surface area contributed by atoms with Crippen LogP contribution in [0.2, 0.25) is 0 Å². The van der Waals surface area contributed by atoms with E-state index in [1.54, 1.807) is 6.33 Å². The number of hydrogen-bond acceptors (Lipinski definition) is 5. The fourth-order valence-electron chi connectivity index (χ4n) is 2.46. The number of thioether (sulfide) groups is 1. The number of nitrogens with one attached hydrogen (secondary N) is 2. The summed E-state index contributed by atoms with van der Waals surface area (Å²) in [4.78, 5) is 8.46. The highest BCUT2D eigenvalue weighted by Gasteiger charge is 2.32. The average Bonchev–Trinajstić information content (AvgIpc) is 2.87. The highest BCUT2D eigenvalue weighted by atomic mass is 32.2. The molecule has 0 aromatic carbocycles. The predicted octanol–water partition coefficient (Wildman–Crippen LogP) is 3.00. The molecule has 1 aromatic rings. The molecule has 1 saturated carbocycles. The van der Waals surface area contributed by atoms with Crippen LogP contribution in [0.3, 0.4) is 0 Å². The molecule has 0 saturated heterocycles. The molecule has 2 rings (SSSR count). The normalized spacial score (nSPS) is 17.7. The molecule has 18 heavy (non-hydrogen) atoms. The maximum absolute atomic E-state index is 4.28. The molecular formula is C13H22N4S. The van der Waals surface area contributed by atoms with Crippen molar-refractivity contribution in [3.8, 4) is 0 Å². The topological polar surface area (TPSA) is 49.8 Å². The first-order valence-corrected chi connectivity index (χ1v) is 7.85. The summed E-state index contributed by atoms with van der Waals surface area (Å²) in [6.07, 6.45) is 9.17. The Kier molecular flexibility index (Phi) is 4.69. The van der Waals surface area contributed by atoms with Crippen LogP contribution < -0.4 is 10.6 Å². The van der Waals surface area contributed by atoms with Crippen molar-refractivity contribution in [3.63, 3.8) is 0 Å². The number of hydrogen-bond donors (Lipinski definition) is 2. The van der Waals surface area contributed by atoms with Crippen LogP contribution >= 0.6 is 11.8 Å². The summed E-state index contributed by atoms with van der Waals surface area (Å²) in [5.74, 6) is 1.81. The zero-order chi connectivity index (χ0) is 12.8. The third-order valence-corrected chi connectivity index (χ3v) is 4.98. The molecule has 0 unspecified atom stereocenters. The lowest BCUT2D eigenvalue weighted by molar-refractivity contribution is 0.638. The van der Waals surface area contributed by atoms with E-state index in [0.717, 1.165) is 24.7 Å². The quantitative estimate of drug-likeness (QED) is 0.829. The summed E-state index contributed by atoms with van der Waals surface area (Å²) in [7, 11) is 0. The van der Waals surface area contributed by atoms with Crippen LogP contribution in [0, 0.1) is 0 Å². The van der Waals surface area contributed by atoms with E-state index in [1.165, 1.54) is 25.7 Å². The van der Waals surface area contributed by atoms with Crippen molar-refractivity contribution in [2.75, 3.05) is 30.0 Å². The Hall–Kier alpha value is -0.970. The summed E-state index contributed by atoms with van der Waals surface area (Å²) in [6.45, 7) is 3.94. The third-order valence-electron chi connectivity index (χ3n) is 3.56. The summed E-state index contributed by atoms with van der Waals surface area (Å²) >= 11 is 1.99. The van der Waals surface area contributed by atoms with Gasteiger partial charge in [-0.2, -0.15) is 11.8 Å². The van der Waals surface area contributed by atoms with Crippen LogP contribution in [0.5, 0.6) is 0 Å². The Morgan fingerprint density at radius 1 is 1.22 bits per heavy atom. The molecule has 5 heteroatoms. The van der Waals surface area contributed by atoms with Crippen LogP contribution in [0.25, 0.3) is 0 Å². The lowest BCUT2D eigenvalue weighted by Gasteiger charge is -2.27. The molecule has 1 fully saturated rings. The number of rotatable bonds is 6. The SMILES string of the molecule is CCNc1cc(NCC2(SC)CCCC2)ncn1. The molecule has 0 bridgehead atoms. The van der Waals surface area contributed by atoms with Crippen LogP contribution in [0.4, 0.5) is 11.6 Å². The number of aromatic nitrogens is 2. The Morgan fingerprint density at radius 3 is 2.50 bits per heavy atom. The second kappa shape index (κ2) is 6.27. The second-order valence-electron chi connectivity index (χ2n) is 4.77. The monoisotopic (exact) mass is 266 g/mol. The molecule has 0 atom stereocenters. The van der Waals surface area contributed by atoms with Gasteiger partial charge in [-0.25, -0.2) is 9.97 Å². The average molecular weight is 266 g/mol. The number of nitrogens with zero attached hydrogens (tertiary/aromatic N) is 2. The van der Waals surface area contributed by atoms with Crippen molar-refractivity contribution >= 4 is 23.4 Å². The molecule has 4 nitrogen and oxygen atoms in total. The highest BCUT2D eigenvalue weighted by Crippen LogP contribution is 2.40. The number of anilines is 2. The van der Waals surface area contributed by atoms with Crippen molar-refractivity contribution in [2.45, 2.75) is 37.4 Å². The van der Waals surface area contributed by atoms with E-state index < -0.39 is 0 Å². The maximum atomic E-state index is 4.28. The molecular weight excluding hydrogens is 244 g/mol. The lowest BCUT2D eigenvalue weighted by Crippen LogP contribution is -2.30. The smallest absolute Gasteiger partial charge is 0.131 e. The Labute approximate surface area is 113 Å². The summed E-state index contributed by atoms with van der Waals surface area (Å²) < 4.78 is 0.406. The second-order valence-corrected chi connectivity index (χ2v) is 6.04. The summed E-state index contributed by atoms with van der Waals surface area (Å²) in [5, 5.41) is 6.67. The van der Waals surface area contributed by atoms with Gasteiger partial charge in [-0.3, -0.25) is 0 Å². The van der Waals surface area contributed by atoms with Gasteiger partial charge in [0.2, 0.25) is 0 Å². The minimum absolute atomic E-state index is 0.406. The summed E-state index contributed by atoms with van der Waals surface area (Å²) in [6, 6.07) is 1.98. The zero-order valence-corrected chi connectivity index (χ0v) is 12.0. The first-order chi connectivity index (χ1) is 8.78. The predicted molar refractivity (Wildman–Crippen MR) is 79.4 cm³/mol. The van der Waals surface area contributed by atoms with Gasteiger partial charge in [0.05, 0.1) is 0 Å². The van der Waals surface area contributed by atoms with Gasteiger partial charge in [0.15, 0.2) is 0 Å². The van der Waals surface area contributed by atoms with Crippen molar-refractivity contribution < 1.29 is 0 Å². The molecule has 0 radical (unpaired) electrons. The molecule has 1 aliphatic rings. The highest BCUT2D eigenvalue weighted by molar-refractivity contribution is 8.00. The van der Waals surface area contributed by atoms with Gasteiger partial charge in [-0.05, 0) is 26.0 Å². The van der Waals surface area contributed by atoms with Gasteiger partial charge < -0.3 is 10.6 Å². The van der Waals surface area contributed by atoms with Gasteiger partial charge in [0.1, 0.15) is 18.0 Å². The molecule has 100 valence electrons. The molecule has 0 aliphatic heterocycles. The maximum Gasteiger partial charge on any atom is 0.131 e. The van der Waals surface area contributed by atoms with Crippen LogP contribution in [0.1, 0.15) is 32.6 Å². The van der Waals surface area contributed by atoms with E-state index in [2.05, 4.69) is 33.8 Å². The minimum Gasteiger partial charge on any atom is -0.370 e. The van der Waals surface area contributed by atoms with E-state index in [9.17, 15) is 0 Å². The molecule has 1 aliphatic carbocycles. The first-order valence-electron chi connectivity index (χ1n) is 6.63. The third kappa shape index (κ3) is 3.28. The molecule has 1 heterocycles. The Morgan fingerprint density at radius 2 is 1.89 bits per heavy atom. The standard InChI is InChI=1S/C13H22N4S/c1-3-14-11-8-12(17-10-16-11)15-9-13(18-2)6-4-5-7-13/h8,10H,3-7,9H2,1-2H3,(H2,14,15,16,17). The van der Waals surface area contributed by atoms with Crippen LogP contribution in [0.15, 0.2) is 12.4 Å². The fourth-order valence-corrected chi connectivity index (χ4v) is 3.37. The van der Waals surface area contributed by atoms with E-state index in [-0.39, 0.29) is 0 Å². The van der Waals surface area contributed by atoms with Gasteiger partial charge in [-0.1, -0.05) is 12.8 Å². The molecule has 0 spiro atoms. The van der Waals surface area contributed by atoms with E-state index >= 15 is 0 Å². The minimum atomic E-state index is 0.406. The van der Waals surface area contributed by atoms with E-state index in [0.29, 0.717) is 4.75 Å². The van der Waals surface area contributed by atoms with Crippen molar-refractivity contribution in [3.05, 3.63) is 12.4 Å². The van der Waals surface area contributed by atoms with Gasteiger partial charge in [0, 0.05) is 23.9 Å². The zero-order valence-electron chi connectivity index (χ0n) is 11.2. The van der Waals surface area contributed by atoms with Gasteiger partial charge in [0.25, 0.3) is 0 Å². The summed E-state index contributed by atoms with van der Waals surface area (Å²) in [5.41, 5.74) is 0. The van der Waals surface area contributed by atoms with E-state index in [4.69, 9.17) is 0 Å². The largest absolute Gasteiger partial charge is 0.370 e. The lowest BCUT2D eigenvalue weighted by atomic mass is 10.1. The van der Waals surface area contributed by atoms with Crippen molar-refractivity contribution in [2.24, 2.45) is 0 Å². The first kappa shape index (κ1) is 13.5. The Balaban J connectivity index is 1.94. The van der Waals surface area contributed by atoms with E-state index in [1.807, 2.05) is 17.8 Å². The van der Waals surface area contributed by atoms with Crippen LogP contribution in [-0.2, 0) is 0 Å². The molecule has 0 amide bonds. The van der Waals surface area contributed by atoms with Crippen LogP contribution in [-0.4, -0.2) is 34.1 Å². The van der Waals surface area contributed by atoms with Gasteiger partial charge in [-0.15, -0.1) is 0 Å². The Bertz CT molecular complexity index is 377. The van der Waals surface area contributed by atoms with Crippen molar-refractivity contribution in [1.29, 1.82) is 0 Å². The molecule has 2 N–H and O–H groups in total. The fraction of sp³-hybridized carbons (Fsp3) is 0.692. The van der Waals surface area contributed by atoms with Gasteiger partial charge >= 0.3 is 0 Å².